The molecule has 0 aromatic heterocycles. The van der Waals surface area contributed by atoms with E-state index in [9.17, 15) is 4.79 Å². The fourth-order valence-corrected chi connectivity index (χ4v) is 0.390. The number of hydrazine groups is 1. The molecule has 59 valence electrons. The minimum Gasteiger partial charge on any atom is -0.449 e. The third-order valence-electron chi connectivity index (χ3n) is 0.768. The van der Waals surface area contributed by atoms with Crippen LogP contribution in [-0.2, 0) is 4.74 Å². The summed E-state index contributed by atoms with van der Waals surface area (Å²) in [4.78, 5) is 10.5. The fraction of sp³-hybridized carbons (Fsp3) is 0.667. The van der Waals surface area contributed by atoms with E-state index in [4.69, 9.17) is 0 Å². The van der Waals surface area contributed by atoms with Gasteiger partial charge >= 0.3 is 6.09 Å². The van der Waals surface area contributed by atoms with Crippen molar-refractivity contribution in [2.24, 2.45) is 0 Å². The Kier molecular flexibility index (Phi) is 5.86. The number of carbonyl (C=O) groups is 1. The molecule has 0 aliphatic carbocycles. The van der Waals surface area contributed by atoms with Gasteiger partial charge in [0.05, 0.1) is 6.61 Å². The molecule has 0 bridgehead atoms. The molecular formula is C6H13N2O2. The number of ether oxygens (including phenoxy) is 1. The van der Waals surface area contributed by atoms with Crippen LogP contribution in [0.5, 0.6) is 0 Å². The van der Waals surface area contributed by atoms with Gasteiger partial charge in [0, 0.05) is 6.54 Å². The molecule has 4 nitrogen and oxygen atoms in total. The summed E-state index contributed by atoms with van der Waals surface area (Å²) >= 11 is 0. The van der Waals surface area contributed by atoms with Gasteiger partial charge in [-0.15, -0.1) is 0 Å². The smallest absolute Gasteiger partial charge is 0.421 e. The normalized spacial score (nSPS) is 9.00. The third kappa shape index (κ3) is 5.37. The second-order valence-corrected chi connectivity index (χ2v) is 1.63. The third-order valence-corrected chi connectivity index (χ3v) is 0.768. The summed E-state index contributed by atoms with van der Waals surface area (Å²) < 4.78 is 4.56. The summed E-state index contributed by atoms with van der Waals surface area (Å²) in [6, 6.07) is 0. The Bertz CT molecular complexity index is 95.7. The molecule has 0 heterocycles. The molecule has 0 saturated carbocycles. The zero-order valence-electron chi connectivity index (χ0n) is 6.14. The summed E-state index contributed by atoms with van der Waals surface area (Å²) in [6.45, 7) is 6.36. The van der Waals surface area contributed by atoms with Crippen LogP contribution in [0.1, 0.15) is 13.3 Å². The lowest BCUT2D eigenvalue weighted by molar-refractivity contribution is 0.147. The maximum Gasteiger partial charge on any atom is 0.421 e. The highest BCUT2D eigenvalue weighted by molar-refractivity contribution is 5.66. The SMILES string of the molecule is [CH2]CCNNC(=O)OCC. The Balaban J connectivity index is 3.05. The highest BCUT2D eigenvalue weighted by atomic mass is 16.5. The van der Waals surface area contributed by atoms with E-state index in [0.29, 0.717) is 13.2 Å². The molecule has 0 aromatic rings. The Labute approximate surface area is 60.9 Å². The van der Waals surface area contributed by atoms with Crippen molar-refractivity contribution in [2.45, 2.75) is 13.3 Å². The number of hydrogen-bond acceptors (Lipinski definition) is 3. The average molecular weight is 145 g/mol. The summed E-state index contributed by atoms with van der Waals surface area (Å²) in [7, 11) is 0. The van der Waals surface area contributed by atoms with E-state index in [0.717, 1.165) is 6.42 Å². The van der Waals surface area contributed by atoms with Crippen molar-refractivity contribution in [3.63, 3.8) is 0 Å². The minimum atomic E-state index is -0.448. The van der Waals surface area contributed by atoms with Gasteiger partial charge in [0.1, 0.15) is 0 Å². The van der Waals surface area contributed by atoms with Crippen LogP contribution >= 0.6 is 0 Å². The van der Waals surface area contributed by atoms with Crippen LogP contribution in [0.25, 0.3) is 0 Å². The molecular weight excluding hydrogens is 132 g/mol. The van der Waals surface area contributed by atoms with Crippen molar-refractivity contribution < 1.29 is 9.53 Å². The molecule has 0 aliphatic rings. The first-order valence-corrected chi connectivity index (χ1v) is 3.26. The Morgan fingerprint density at radius 1 is 1.70 bits per heavy atom. The minimum absolute atomic E-state index is 0.387. The molecule has 0 aliphatic heterocycles. The molecule has 0 atom stereocenters. The number of rotatable bonds is 4. The molecule has 10 heavy (non-hydrogen) atoms. The van der Waals surface area contributed by atoms with Crippen molar-refractivity contribution in [1.82, 2.24) is 10.9 Å². The van der Waals surface area contributed by atoms with Crippen LogP contribution in [0.15, 0.2) is 0 Å². The van der Waals surface area contributed by atoms with Gasteiger partial charge in [-0.3, -0.25) is 5.43 Å². The van der Waals surface area contributed by atoms with Gasteiger partial charge in [-0.2, -0.15) is 0 Å². The summed E-state index contributed by atoms with van der Waals surface area (Å²) in [5, 5.41) is 0. The molecule has 0 unspecified atom stereocenters. The Morgan fingerprint density at radius 3 is 2.90 bits per heavy atom. The maximum absolute atomic E-state index is 10.5. The highest BCUT2D eigenvalue weighted by Crippen LogP contribution is 1.72. The van der Waals surface area contributed by atoms with Gasteiger partial charge in [0.15, 0.2) is 0 Å². The molecule has 0 rings (SSSR count). The standard InChI is InChI=1S/C6H13N2O2/c1-3-5-7-8-6(9)10-4-2/h7H,1,3-5H2,2H3,(H,8,9). The van der Waals surface area contributed by atoms with Crippen LogP contribution < -0.4 is 10.9 Å². The number of hydrogen-bond donors (Lipinski definition) is 2. The summed E-state index contributed by atoms with van der Waals surface area (Å²) in [5.41, 5.74) is 4.97. The van der Waals surface area contributed by atoms with E-state index >= 15 is 0 Å². The summed E-state index contributed by atoms with van der Waals surface area (Å²) in [6.07, 6.45) is 0.280. The second-order valence-electron chi connectivity index (χ2n) is 1.63. The predicted octanol–water partition coefficient (Wildman–Crippen LogP) is 0.461. The zero-order valence-corrected chi connectivity index (χ0v) is 6.14. The Morgan fingerprint density at radius 2 is 2.40 bits per heavy atom. The van der Waals surface area contributed by atoms with Crippen molar-refractivity contribution in [2.75, 3.05) is 13.2 Å². The van der Waals surface area contributed by atoms with Crippen molar-refractivity contribution >= 4 is 6.09 Å². The first-order chi connectivity index (χ1) is 4.81. The lowest BCUT2D eigenvalue weighted by Crippen LogP contribution is -2.38. The van der Waals surface area contributed by atoms with Gasteiger partial charge in [0.2, 0.25) is 0 Å². The quantitative estimate of drug-likeness (QED) is 0.446. The first-order valence-electron chi connectivity index (χ1n) is 3.26. The molecule has 0 fully saturated rings. The van der Waals surface area contributed by atoms with E-state index in [1.807, 2.05) is 0 Å². The predicted molar refractivity (Wildman–Crippen MR) is 38.1 cm³/mol. The summed E-state index contributed by atoms with van der Waals surface area (Å²) in [5.74, 6) is 0. The molecule has 0 aromatic carbocycles. The molecule has 1 radical (unpaired) electrons. The van der Waals surface area contributed by atoms with Gasteiger partial charge in [0.25, 0.3) is 0 Å². The fourth-order valence-electron chi connectivity index (χ4n) is 0.390. The molecule has 0 spiro atoms. The molecule has 2 N–H and O–H groups in total. The van der Waals surface area contributed by atoms with Crippen LogP contribution in [0, 0.1) is 6.92 Å². The van der Waals surface area contributed by atoms with Crippen molar-refractivity contribution in [3.8, 4) is 0 Å². The number of carbonyl (C=O) groups excluding carboxylic acids is 1. The van der Waals surface area contributed by atoms with E-state index in [-0.39, 0.29) is 0 Å². The Hall–Kier alpha value is -0.770. The number of amides is 1. The second kappa shape index (κ2) is 6.35. The maximum atomic E-state index is 10.5. The topological polar surface area (TPSA) is 50.4 Å². The number of nitrogens with one attached hydrogen (secondary N) is 2. The monoisotopic (exact) mass is 145 g/mol. The van der Waals surface area contributed by atoms with E-state index in [1.165, 1.54) is 0 Å². The van der Waals surface area contributed by atoms with Crippen LogP contribution in [0.2, 0.25) is 0 Å². The van der Waals surface area contributed by atoms with Gasteiger partial charge < -0.3 is 4.74 Å². The molecule has 0 saturated heterocycles. The van der Waals surface area contributed by atoms with Crippen LogP contribution in [0.3, 0.4) is 0 Å². The largest absolute Gasteiger partial charge is 0.449 e. The van der Waals surface area contributed by atoms with Crippen molar-refractivity contribution in [3.05, 3.63) is 6.92 Å². The van der Waals surface area contributed by atoms with Gasteiger partial charge in [-0.05, 0) is 13.3 Å². The van der Waals surface area contributed by atoms with E-state index in [1.54, 1.807) is 6.92 Å². The zero-order chi connectivity index (χ0) is 7.82. The first kappa shape index (κ1) is 9.23. The molecule has 1 amide bonds. The van der Waals surface area contributed by atoms with Gasteiger partial charge in [-0.1, -0.05) is 6.92 Å². The lowest BCUT2D eigenvalue weighted by Gasteiger charge is -2.04. The average Bonchev–Trinajstić information content (AvgIpc) is 1.89. The van der Waals surface area contributed by atoms with Crippen molar-refractivity contribution in [1.29, 1.82) is 0 Å². The van der Waals surface area contributed by atoms with Crippen LogP contribution in [-0.4, -0.2) is 19.2 Å². The van der Waals surface area contributed by atoms with E-state index in [2.05, 4.69) is 22.5 Å². The van der Waals surface area contributed by atoms with Gasteiger partial charge in [-0.25, -0.2) is 10.2 Å². The van der Waals surface area contributed by atoms with Crippen LogP contribution in [0.4, 0.5) is 4.79 Å². The lowest BCUT2D eigenvalue weighted by atomic mass is 10.5. The highest BCUT2D eigenvalue weighted by Gasteiger charge is 1.95. The molecule has 4 heteroatoms. The van der Waals surface area contributed by atoms with E-state index < -0.39 is 6.09 Å².